The van der Waals surface area contributed by atoms with Crippen molar-refractivity contribution in [3.05, 3.63) is 77.3 Å². The van der Waals surface area contributed by atoms with Crippen molar-refractivity contribution in [3.8, 4) is 11.3 Å². The van der Waals surface area contributed by atoms with Crippen LogP contribution in [0.3, 0.4) is 0 Å². The van der Waals surface area contributed by atoms with Gasteiger partial charge in [0.2, 0.25) is 5.76 Å². The second-order valence-electron chi connectivity index (χ2n) is 6.06. The molecule has 3 rings (SSSR count). The number of halogens is 1. The lowest BCUT2D eigenvalue weighted by atomic mass is 10.0. The Balaban J connectivity index is 1.90. The third-order valence-corrected chi connectivity index (χ3v) is 4.12. The van der Waals surface area contributed by atoms with Crippen LogP contribution >= 0.6 is 0 Å². The summed E-state index contributed by atoms with van der Waals surface area (Å²) < 4.78 is 18.4. The van der Waals surface area contributed by atoms with Crippen molar-refractivity contribution in [2.24, 2.45) is 0 Å². The highest BCUT2D eigenvalue weighted by atomic mass is 19.1. The number of benzene rings is 2. The Bertz CT molecular complexity index is 889. The van der Waals surface area contributed by atoms with E-state index >= 15 is 0 Å². The van der Waals surface area contributed by atoms with Gasteiger partial charge in [0.15, 0.2) is 0 Å². The van der Waals surface area contributed by atoms with Crippen LogP contribution in [0.25, 0.3) is 11.3 Å². The molecule has 1 heterocycles. The van der Waals surface area contributed by atoms with Gasteiger partial charge in [-0.3, -0.25) is 4.79 Å². The average molecular weight is 354 g/mol. The summed E-state index contributed by atoms with van der Waals surface area (Å²) in [5.41, 5.74) is 2.09. The van der Waals surface area contributed by atoms with Crippen molar-refractivity contribution < 1.29 is 18.8 Å². The number of nitrogens with zero attached hydrogens (tertiary/aromatic N) is 1. The lowest BCUT2D eigenvalue weighted by Gasteiger charge is -2.14. The Kier molecular flexibility index (Phi) is 5.14. The molecule has 0 aliphatic heterocycles. The zero-order chi connectivity index (χ0) is 18.7. The second kappa shape index (κ2) is 7.49. The Labute approximate surface area is 150 Å². The number of amides is 1. The van der Waals surface area contributed by atoms with Gasteiger partial charge in [-0.05, 0) is 43.7 Å². The van der Waals surface area contributed by atoms with Gasteiger partial charge >= 0.3 is 0 Å². The van der Waals surface area contributed by atoms with Crippen LogP contribution in [0.15, 0.2) is 59.1 Å². The van der Waals surface area contributed by atoms with Gasteiger partial charge in [-0.1, -0.05) is 35.5 Å². The maximum atomic E-state index is 13.1. The Hall–Kier alpha value is -2.99. The molecule has 5 nitrogen and oxygen atoms in total. The standard InChI is InChI=1S/C20H19FN2O3/c1-12(14-6-4-3-5-7-14)22-20(25)19-17(13(2)24)18(23-26-19)15-8-10-16(21)11-9-15/h3-13,24H,1-2H3,(H,22,25)/t12-,13+/m1/s1. The minimum absolute atomic E-state index is 0.0536. The van der Waals surface area contributed by atoms with Crippen LogP contribution in [0.5, 0.6) is 0 Å². The van der Waals surface area contributed by atoms with Gasteiger partial charge in [-0.2, -0.15) is 0 Å². The van der Waals surface area contributed by atoms with E-state index < -0.39 is 12.0 Å². The van der Waals surface area contributed by atoms with E-state index in [0.29, 0.717) is 11.3 Å². The van der Waals surface area contributed by atoms with Gasteiger partial charge in [0.05, 0.1) is 17.7 Å². The smallest absolute Gasteiger partial charge is 0.290 e. The number of rotatable bonds is 5. The maximum absolute atomic E-state index is 13.1. The van der Waals surface area contributed by atoms with Crippen LogP contribution < -0.4 is 5.32 Å². The van der Waals surface area contributed by atoms with Gasteiger partial charge in [-0.25, -0.2) is 4.39 Å². The Morgan fingerprint density at radius 3 is 2.38 bits per heavy atom. The van der Waals surface area contributed by atoms with Gasteiger partial charge < -0.3 is 14.9 Å². The fraction of sp³-hybridized carbons (Fsp3) is 0.200. The first-order valence-corrected chi connectivity index (χ1v) is 8.26. The summed E-state index contributed by atoms with van der Waals surface area (Å²) in [5.74, 6) is -0.911. The highest BCUT2D eigenvalue weighted by molar-refractivity contribution is 5.94. The summed E-state index contributed by atoms with van der Waals surface area (Å²) in [7, 11) is 0. The van der Waals surface area contributed by atoms with E-state index in [-0.39, 0.29) is 23.2 Å². The first-order chi connectivity index (χ1) is 12.5. The molecule has 1 amide bonds. The molecule has 0 fully saturated rings. The molecule has 6 heteroatoms. The predicted octanol–water partition coefficient (Wildman–Crippen LogP) is 4.03. The second-order valence-corrected chi connectivity index (χ2v) is 6.06. The molecular weight excluding hydrogens is 335 g/mol. The van der Waals surface area contributed by atoms with E-state index in [1.54, 1.807) is 0 Å². The summed E-state index contributed by atoms with van der Waals surface area (Å²) in [6, 6.07) is 14.9. The quantitative estimate of drug-likeness (QED) is 0.725. The summed E-state index contributed by atoms with van der Waals surface area (Å²) in [4.78, 5) is 12.6. The molecule has 0 aliphatic carbocycles. The van der Waals surface area contributed by atoms with E-state index in [0.717, 1.165) is 5.56 Å². The van der Waals surface area contributed by atoms with Crippen LogP contribution in [0, 0.1) is 5.82 Å². The number of nitrogens with one attached hydrogen (secondary N) is 1. The zero-order valence-electron chi connectivity index (χ0n) is 14.4. The number of carbonyl (C=O) groups excluding carboxylic acids is 1. The molecular formula is C20H19FN2O3. The first-order valence-electron chi connectivity index (χ1n) is 8.26. The molecule has 0 bridgehead atoms. The summed E-state index contributed by atoms with van der Waals surface area (Å²) >= 11 is 0. The lowest BCUT2D eigenvalue weighted by Crippen LogP contribution is -2.27. The number of hydrogen-bond donors (Lipinski definition) is 2. The average Bonchev–Trinajstić information content (AvgIpc) is 3.08. The number of aliphatic hydroxyl groups is 1. The molecule has 0 spiro atoms. The number of aromatic nitrogens is 1. The lowest BCUT2D eigenvalue weighted by molar-refractivity contribution is 0.0894. The molecule has 134 valence electrons. The van der Waals surface area contributed by atoms with Crippen LogP contribution in [0.4, 0.5) is 4.39 Å². The highest BCUT2D eigenvalue weighted by Crippen LogP contribution is 2.31. The number of carbonyl (C=O) groups is 1. The summed E-state index contributed by atoms with van der Waals surface area (Å²) in [5, 5.41) is 16.9. The largest absolute Gasteiger partial charge is 0.388 e. The van der Waals surface area contributed by atoms with Crippen molar-refractivity contribution in [2.75, 3.05) is 0 Å². The number of hydrogen-bond acceptors (Lipinski definition) is 4. The normalized spacial score (nSPS) is 13.2. The third kappa shape index (κ3) is 3.65. The molecule has 2 atom stereocenters. The molecule has 0 radical (unpaired) electrons. The van der Waals surface area contributed by atoms with Gasteiger partial charge in [0.1, 0.15) is 11.5 Å². The highest BCUT2D eigenvalue weighted by Gasteiger charge is 2.27. The van der Waals surface area contributed by atoms with Crippen LogP contribution in [0.2, 0.25) is 0 Å². The van der Waals surface area contributed by atoms with E-state index in [9.17, 15) is 14.3 Å². The van der Waals surface area contributed by atoms with Crippen LogP contribution in [-0.2, 0) is 0 Å². The van der Waals surface area contributed by atoms with Crippen molar-refractivity contribution in [3.63, 3.8) is 0 Å². The van der Waals surface area contributed by atoms with Gasteiger partial charge in [-0.15, -0.1) is 0 Å². The fourth-order valence-corrected chi connectivity index (χ4v) is 2.75. The van der Waals surface area contributed by atoms with Gasteiger partial charge in [0.25, 0.3) is 5.91 Å². The Morgan fingerprint density at radius 1 is 1.12 bits per heavy atom. The maximum Gasteiger partial charge on any atom is 0.290 e. The van der Waals surface area contributed by atoms with E-state index in [4.69, 9.17) is 4.52 Å². The molecule has 0 unspecified atom stereocenters. The molecule has 2 N–H and O–H groups in total. The molecule has 1 aromatic heterocycles. The molecule has 0 saturated heterocycles. The van der Waals surface area contributed by atoms with E-state index in [1.165, 1.54) is 31.2 Å². The van der Waals surface area contributed by atoms with E-state index in [1.807, 2.05) is 37.3 Å². The monoisotopic (exact) mass is 354 g/mol. The van der Waals surface area contributed by atoms with Crippen LogP contribution in [-0.4, -0.2) is 16.2 Å². The van der Waals surface area contributed by atoms with Crippen molar-refractivity contribution in [1.29, 1.82) is 0 Å². The predicted molar refractivity (Wildman–Crippen MR) is 94.9 cm³/mol. The van der Waals surface area contributed by atoms with Gasteiger partial charge in [0, 0.05) is 5.56 Å². The summed E-state index contributed by atoms with van der Waals surface area (Å²) in [6.07, 6.45) is -0.978. The Morgan fingerprint density at radius 2 is 1.77 bits per heavy atom. The minimum atomic E-state index is -0.978. The fourth-order valence-electron chi connectivity index (χ4n) is 2.75. The molecule has 26 heavy (non-hydrogen) atoms. The number of aliphatic hydroxyl groups excluding tert-OH is 1. The molecule has 2 aromatic carbocycles. The topological polar surface area (TPSA) is 75.4 Å². The zero-order valence-corrected chi connectivity index (χ0v) is 14.4. The van der Waals surface area contributed by atoms with E-state index in [2.05, 4.69) is 10.5 Å². The molecule has 3 aromatic rings. The molecule has 0 saturated carbocycles. The summed E-state index contributed by atoms with van der Waals surface area (Å²) in [6.45, 7) is 3.38. The third-order valence-electron chi connectivity index (χ3n) is 4.12. The minimum Gasteiger partial charge on any atom is -0.388 e. The molecule has 0 aliphatic rings. The van der Waals surface area contributed by atoms with Crippen LogP contribution in [0.1, 0.15) is 47.7 Å². The first kappa shape index (κ1) is 17.8. The van der Waals surface area contributed by atoms with Crippen molar-refractivity contribution in [1.82, 2.24) is 10.5 Å². The SMILES string of the molecule is C[C@H](O)c1c(-c2ccc(F)cc2)noc1C(=O)N[C@H](C)c1ccccc1. The van der Waals surface area contributed by atoms with Crippen molar-refractivity contribution >= 4 is 5.91 Å². The van der Waals surface area contributed by atoms with Crippen molar-refractivity contribution in [2.45, 2.75) is 26.0 Å².